The molecule has 132 valence electrons. The Kier molecular flexibility index (Phi) is 4.43. The van der Waals surface area contributed by atoms with E-state index in [1.165, 1.54) is 11.1 Å². The number of amides is 1. The number of benzene rings is 2. The highest BCUT2D eigenvalue weighted by Crippen LogP contribution is 2.23. The van der Waals surface area contributed by atoms with Crippen molar-refractivity contribution in [1.82, 2.24) is 15.6 Å². The van der Waals surface area contributed by atoms with Crippen molar-refractivity contribution in [3.63, 3.8) is 0 Å². The Morgan fingerprint density at radius 2 is 1.92 bits per heavy atom. The monoisotopic (exact) mass is 345 g/mol. The molecule has 0 unspecified atom stereocenters. The molecule has 0 saturated carbocycles. The van der Waals surface area contributed by atoms with Crippen LogP contribution in [0.4, 0.5) is 0 Å². The Balaban J connectivity index is 1.59. The number of para-hydroxylation sites is 1. The second-order valence-electron chi connectivity index (χ2n) is 7.16. The molecule has 1 amide bonds. The fourth-order valence-electron chi connectivity index (χ4n) is 3.42. The highest BCUT2D eigenvalue weighted by molar-refractivity contribution is 6.06. The minimum absolute atomic E-state index is 0.0517. The summed E-state index contributed by atoms with van der Waals surface area (Å²) in [7, 11) is 0. The number of aromatic nitrogens is 1. The summed E-state index contributed by atoms with van der Waals surface area (Å²) >= 11 is 0. The van der Waals surface area contributed by atoms with E-state index in [0.717, 1.165) is 35.2 Å². The summed E-state index contributed by atoms with van der Waals surface area (Å²) in [6.07, 6.45) is 0. The van der Waals surface area contributed by atoms with Crippen molar-refractivity contribution in [3.8, 4) is 0 Å². The first-order chi connectivity index (χ1) is 12.6. The molecule has 0 spiro atoms. The predicted octanol–water partition coefficient (Wildman–Crippen LogP) is 3.89. The largest absolute Gasteiger partial charge is 0.348 e. The van der Waals surface area contributed by atoms with Crippen LogP contribution in [0, 0.1) is 0 Å². The number of carbonyl (C=O) groups excluding carboxylic acids is 1. The van der Waals surface area contributed by atoms with Gasteiger partial charge in [0, 0.05) is 30.7 Å². The second-order valence-corrected chi connectivity index (χ2v) is 7.16. The van der Waals surface area contributed by atoms with Crippen molar-refractivity contribution in [1.29, 1.82) is 0 Å². The van der Waals surface area contributed by atoms with E-state index in [1.54, 1.807) is 0 Å². The molecule has 1 aliphatic heterocycles. The molecule has 4 nitrogen and oxygen atoms in total. The van der Waals surface area contributed by atoms with Gasteiger partial charge in [-0.3, -0.25) is 9.78 Å². The lowest BCUT2D eigenvalue weighted by Gasteiger charge is -2.12. The first kappa shape index (κ1) is 16.7. The normalized spacial score (nSPS) is 13.2. The third-order valence-corrected chi connectivity index (χ3v) is 4.93. The van der Waals surface area contributed by atoms with Crippen molar-refractivity contribution in [2.24, 2.45) is 0 Å². The van der Waals surface area contributed by atoms with E-state index < -0.39 is 0 Å². The summed E-state index contributed by atoms with van der Waals surface area (Å²) in [6, 6.07) is 16.2. The van der Waals surface area contributed by atoms with Gasteiger partial charge in [-0.05, 0) is 34.7 Å². The van der Waals surface area contributed by atoms with E-state index in [1.807, 2.05) is 30.3 Å². The Morgan fingerprint density at radius 3 is 2.77 bits per heavy atom. The van der Waals surface area contributed by atoms with Gasteiger partial charge in [-0.15, -0.1) is 0 Å². The van der Waals surface area contributed by atoms with Crippen molar-refractivity contribution >= 4 is 16.8 Å². The van der Waals surface area contributed by atoms with E-state index in [0.29, 0.717) is 12.1 Å². The summed E-state index contributed by atoms with van der Waals surface area (Å²) in [6.45, 7) is 6.56. The number of fused-ring (bicyclic) bond motifs is 2. The van der Waals surface area contributed by atoms with Crippen LogP contribution in [0.1, 0.15) is 52.5 Å². The van der Waals surface area contributed by atoms with Crippen molar-refractivity contribution in [3.05, 3.63) is 76.5 Å². The number of nitrogens with zero attached hydrogens (tertiary/aromatic N) is 1. The Morgan fingerprint density at radius 1 is 1.12 bits per heavy atom. The van der Waals surface area contributed by atoms with Gasteiger partial charge in [0.05, 0.1) is 11.1 Å². The fraction of sp³-hybridized carbons (Fsp3) is 0.273. The van der Waals surface area contributed by atoms with Gasteiger partial charge in [0.2, 0.25) is 0 Å². The Labute approximate surface area is 153 Å². The van der Waals surface area contributed by atoms with Crippen molar-refractivity contribution in [2.45, 2.75) is 39.4 Å². The van der Waals surface area contributed by atoms with E-state index in [2.05, 4.69) is 47.7 Å². The van der Waals surface area contributed by atoms with Gasteiger partial charge in [0.25, 0.3) is 5.91 Å². The maximum atomic E-state index is 12.9. The molecule has 3 aromatic rings. The maximum Gasteiger partial charge on any atom is 0.252 e. The molecule has 0 saturated heterocycles. The molecular weight excluding hydrogens is 322 g/mol. The highest BCUT2D eigenvalue weighted by atomic mass is 16.1. The van der Waals surface area contributed by atoms with Gasteiger partial charge in [0.15, 0.2) is 0 Å². The van der Waals surface area contributed by atoms with E-state index in [-0.39, 0.29) is 11.8 Å². The van der Waals surface area contributed by atoms with Crippen molar-refractivity contribution < 1.29 is 4.79 Å². The molecule has 0 atom stereocenters. The van der Waals surface area contributed by atoms with Crippen LogP contribution in [0.2, 0.25) is 0 Å². The molecule has 0 fully saturated rings. The fourth-order valence-corrected chi connectivity index (χ4v) is 3.42. The highest BCUT2D eigenvalue weighted by Gasteiger charge is 2.15. The van der Waals surface area contributed by atoms with Gasteiger partial charge in [-0.2, -0.15) is 0 Å². The standard InChI is InChI=1S/C22H23N3O/c1-14(2)21-10-19(18-5-3-4-6-20(18)25-21)22(26)24-11-15-7-8-16-12-23-13-17(16)9-15/h3-10,14,23H,11-13H2,1-2H3,(H,24,26). The zero-order valence-corrected chi connectivity index (χ0v) is 15.2. The van der Waals surface area contributed by atoms with Crippen LogP contribution in [0.5, 0.6) is 0 Å². The molecule has 4 rings (SSSR count). The molecule has 1 aromatic heterocycles. The van der Waals surface area contributed by atoms with Gasteiger partial charge >= 0.3 is 0 Å². The Bertz CT molecular complexity index is 978. The average molecular weight is 345 g/mol. The molecule has 2 heterocycles. The van der Waals surface area contributed by atoms with Crippen LogP contribution >= 0.6 is 0 Å². The first-order valence-electron chi connectivity index (χ1n) is 9.11. The van der Waals surface area contributed by atoms with Crippen LogP contribution in [0.15, 0.2) is 48.5 Å². The molecule has 0 bridgehead atoms. The topological polar surface area (TPSA) is 54.0 Å². The third-order valence-electron chi connectivity index (χ3n) is 4.93. The number of rotatable bonds is 4. The second kappa shape index (κ2) is 6.89. The van der Waals surface area contributed by atoms with Gasteiger partial charge < -0.3 is 10.6 Å². The lowest BCUT2D eigenvalue weighted by Crippen LogP contribution is -2.23. The minimum Gasteiger partial charge on any atom is -0.348 e. The Hall–Kier alpha value is -2.72. The smallest absolute Gasteiger partial charge is 0.252 e. The van der Waals surface area contributed by atoms with Gasteiger partial charge in [-0.25, -0.2) is 0 Å². The third kappa shape index (κ3) is 3.20. The number of pyridine rings is 1. The summed E-state index contributed by atoms with van der Waals surface area (Å²) < 4.78 is 0. The quantitative estimate of drug-likeness (QED) is 0.754. The maximum absolute atomic E-state index is 12.9. The first-order valence-corrected chi connectivity index (χ1v) is 9.11. The van der Waals surface area contributed by atoms with Crippen LogP contribution in [-0.2, 0) is 19.6 Å². The summed E-state index contributed by atoms with van der Waals surface area (Å²) in [5, 5.41) is 7.32. The molecule has 1 aliphatic rings. The van der Waals surface area contributed by atoms with Crippen LogP contribution in [0.3, 0.4) is 0 Å². The van der Waals surface area contributed by atoms with Crippen LogP contribution < -0.4 is 10.6 Å². The number of nitrogens with one attached hydrogen (secondary N) is 2. The summed E-state index contributed by atoms with van der Waals surface area (Å²) in [5.41, 5.74) is 6.31. The van der Waals surface area contributed by atoms with Crippen LogP contribution in [0.25, 0.3) is 10.9 Å². The number of hydrogen-bond donors (Lipinski definition) is 2. The molecular formula is C22H23N3O. The summed E-state index contributed by atoms with van der Waals surface area (Å²) in [4.78, 5) is 17.6. The van der Waals surface area contributed by atoms with Crippen molar-refractivity contribution in [2.75, 3.05) is 0 Å². The molecule has 26 heavy (non-hydrogen) atoms. The van der Waals surface area contributed by atoms with Gasteiger partial charge in [0.1, 0.15) is 0 Å². The van der Waals surface area contributed by atoms with E-state index in [9.17, 15) is 4.79 Å². The molecule has 2 N–H and O–H groups in total. The van der Waals surface area contributed by atoms with Crippen LogP contribution in [-0.4, -0.2) is 10.9 Å². The molecule has 2 aromatic carbocycles. The lowest BCUT2D eigenvalue weighted by atomic mass is 10.0. The molecule has 0 aliphatic carbocycles. The zero-order valence-electron chi connectivity index (χ0n) is 15.2. The van der Waals surface area contributed by atoms with E-state index >= 15 is 0 Å². The average Bonchev–Trinajstić information content (AvgIpc) is 3.13. The van der Waals surface area contributed by atoms with E-state index in [4.69, 9.17) is 0 Å². The molecule has 0 radical (unpaired) electrons. The summed E-state index contributed by atoms with van der Waals surface area (Å²) in [5.74, 6) is 0.222. The minimum atomic E-state index is -0.0517. The SMILES string of the molecule is CC(C)c1cc(C(=O)NCc2ccc3c(c2)CNC3)c2ccccc2n1. The molecule has 4 heteroatoms. The number of carbonyl (C=O) groups is 1. The predicted molar refractivity (Wildman–Crippen MR) is 104 cm³/mol. The van der Waals surface area contributed by atoms with Gasteiger partial charge in [-0.1, -0.05) is 50.2 Å². The zero-order chi connectivity index (χ0) is 18.1. The lowest BCUT2D eigenvalue weighted by molar-refractivity contribution is 0.0952. The number of hydrogen-bond acceptors (Lipinski definition) is 3.